The Balaban J connectivity index is 2.26. The average Bonchev–Trinajstić information content (AvgIpc) is 3.01. The Kier molecular flexibility index (Phi) is 2.45. The van der Waals surface area contributed by atoms with Gasteiger partial charge < -0.3 is 15.8 Å². The first kappa shape index (κ1) is 9.76. The summed E-state index contributed by atoms with van der Waals surface area (Å²) in [5, 5.41) is 2.81. The van der Waals surface area contributed by atoms with Crippen molar-refractivity contribution in [2.24, 2.45) is 5.73 Å². The van der Waals surface area contributed by atoms with Crippen molar-refractivity contribution >= 4 is 11.7 Å². The number of ether oxygens (including phenoxy) is 1. The van der Waals surface area contributed by atoms with Gasteiger partial charge >= 0.3 is 0 Å². The molecular formula is C10H13N3O2. The molecule has 0 radical (unpaired) electrons. The second-order valence-corrected chi connectivity index (χ2v) is 3.50. The minimum atomic E-state index is -0.506. The minimum absolute atomic E-state index is 0.285. The quantitative estimate of drug-likeness (QED) is 0.764. The first-order valence-electron chi connectivity index (χ1n) is 4.85. The molecule has 1 aliphatic rings. The van der Waals surface area contributed by atoms with Crippen LogP contribution in [0.15, 0.2) is 12.3 Å². The molecule has 2 rings (SSSR count). The smallest absolute Gasteiger partial charge is 0.252 e. The Hall–Kier alpha value is -1.78. The SMILES string of the molecule is CNc1ncc(OC2CC2)cc1C(N)=O. The summed E-state index contributed by atoms with van der Waals surface area (Å²) in [6.45, 7) is 0. The van der Waals surface area contributed by atoms with E-state index in [4.69, 9.17) is 10.5 Å². The summed E-state index contributed by atoms with van der Waals surface area (Å²) in [7, 11) is 1.69. The highest BCUT2D eigenvalue weighted by atomic mass is 16.5. The lowest BCUT2D eigenvalue weighted by molar-refractivity contribution is 0.1000. The molecule has 80 valence electrons. The zero-order chi connectivity index (χ0) is 10.8. The molecule has 5 nitrogen and oxygen atoms in total. The fraction of sp³-hybridized carbons (Fsp3) is 0.400. The van der Waals surface area contributed by atoms with Gasteiger partial charge in [0.25, 0.3) is 5.91 Å². The predicted octanol–water partition coefficient (Wildman–Crippen LogP) is 0.763. The number of hydrogen-bond donors (Lipinski definition) is 2. The molecule has 1 aromatic heterocycles. The van der Waals surface area contributed by atoms with E-state index in [2.05, 4.69) is 10.3 Å². The van der Waals surface area contributed by atoms with Gasteiger partial charge in [-0.05, 0) is 18.9 Å². The highest BCUT2D eigenvalue weighted by Crippen LogP contribution is 2.27. The van der Waals surface area contributed by atoms with Crippen LogP contribution >= 0.6 is 0 Å². The second-order valence-electron chi connectivity index (χ2n) is 3.50. The Morgan fingerprint density at radius 1 is 1.67 bits per heavy atom. The molecule has 0 saturated heterocycles. The van der Waals surface area contributed by atoms with Gasteiger partial charge in [-0.25, -0.2) is 4.98 Å². The maximum absolute atomic E-state index is 11.1. The zero-order valence-corrected chi connectivity index (χ0v) is 8.49. The maximum atomic E-state index is 11.1. The standard InChI is InChI=1S/C10H13N3O2/c1-12-10-8(9(11)14)4-7(5-13-10)15-6-2-3-6/h4-6H,2-3H2,1H3,(H2,11,14)(H,12,13). The van der Waals surface area contributed by atoms with Crippen molar-refractivity contribution in [3.63, 3.8) is 0 Å². The molecule has 1 amide bonds. The Bertz CT molecular complexity index is 388. The first-order chi connectivity index (χ1) is 7.20. The second kappa shape index (κ2) is 3.76. The van der Waals surface area contributed by atoms with E-state index in [1.54, 1.807) is 19.3 Å². The van der Waals surface area contributed by atoms with Gasteiger partial charge in [0, 0.05) is 7.05 Å². The normalized spacial score (nSPS) is 14.7. The fourth-order valence-corrected chi connectivity index (χ4v) is 1.28. The van der Waals surface area contributed by atoms with E-state index in [0.717, 1.165) is 12.8 Å². The van der Waals surface area contributed by atoms with E-state index in [9.17, 15) is 4.79 Å². The number of nitrogens with two attached hydrogens (primary N) is 1. The molecule has 15 heavy (non-hydrogen) atoms. The van der Waals surface area contributed by atoms with Crippen LogP contribution in [0.1, 0.15) is 23.2 Å². The third kappa shape index (κ3) is 2.18. The number of aromatic nitrogens is 1. The number of anilines is 1. The van der Waals surface area contributed by atoms with Crippen LogP contribution in [-0.4, -0.2) is 24.0 Å². The van der Waals surface area contributed by atoms with Crippen molar-refractivity contribution in [1.29, 1.82) is 0 Å². The van der Waals surface area contributed by atoms with Crippen LogP contribution in [0.25, 0.3) is 0 Å². The number of nitrogens with one attached hydrogen (secondary N) is 1. The monoisotopic (exact) mass is 207 g/mol. The molecule has 1 heterocycles. The van der Waals surface area contributed by atoms with E-state index in [-0.39, 0.29) is 6.10 Å². The van der Waals surface area contributed by atoms with E-state index in [1.165, 1.54) is 0 Å². The van der Waals surface area contributed by atoms with Gasteiger partial charge in [0.05, 0.1) is 17.9 Å². The Morgan fingerprint density at radius 2 is 2.40 bits per heavy atom. The lowest BCUT2D eigenvalue weighted by atomic mass is 10.2. The van der Waals surface area contributed by atoms with Crippen molar-refractivity contribution in [2.75, 3.05) is 12.4 Å². The van der Waals surface area contributed by atoms with Crippen LogP contribution in [0.4, 0.5) is 5.82 Å². The van der Waals surface area contributed by atoms with Crippen molar-refractivity contribution in [3.05, 3.63) is 17.8 Å². The molecule has 1 saturated carbocycles. The third-order valence-corrected chi connectivity index (χ3v) is 2.19. The van der Waals surface area contributed by atoms with Crippen LogP contribution in [0, 0.1) is 0 Å². The molecule has 0 unspecified atom stereocenters. The van der Waals surface area contributed by atoms with Crippen molar-refractivity contribution in [1.82, 2.24) is 4.98 Å². The molecule has 0 atom stereocenters. The van der Waals surface area contributed by atoms with Crippen molar-refractivity contribution in [3.8, 4) is 5.75 Å². The summed E-state index contributed by atoms with van der Waals surface area (Å²) in [4.78, 5) is 15.2. The van der Waals surface area contributed by atoms with Crippen LogP contribution in [0.3, 0.4) is 0 Å². The molecular weight excluding hydrogens is 194 g/mol. The van der Waals surface area contributed by atoms with Gasteiger partial charge in [-0.15, -0.1) is 0 Å². The fourth-order valence-electron chi connectivity index (χ4n) is 1.28. The molecule has 0 spiro atoms. The number of nitrogens with zero attached hydrogens (tertiary/aromatic N) is 1. The van der Waals surface area contributed by atoms with Gasteiger partial charge in [-0.3, -0.25) is 4.79 Å². The number of amides is 1. The van der Waals surface area contributed by atoms with Crippen molar-refractivity contribution in [2.45, 2.75) is 18.9 Å². The number of rotatable bonds is 4. The van der Waals surface area contributed by atoms with Gasteiger partial charge in [0.2, 0.25) is 0 Å². The third-order valence-electron chi connectivity index (χ3n) is 2.19. The summed E-state index contributed by atoms with van der Waals surface area (Å²) in [6.07, 6.45) is 4.02. The van der Waals surface area contributed by atoms with Crippen LogP contribution in [0.5, 0.6) is 5.75 Å². The summed E-state index contributed by atoms with van der Waals surface area (Å²) in [5.74, 6) is 0.573. The topological polar surface area (TPSA) is 77.2 Å². The first-order valence-corrected chi connectivity index (χ1v) is 4.85. The summed E-state index contributed by atoms with van der Waals surface area (Å²) in [6, 6.07) is 1.62. The molecule has 1 fully saturated rings. The predicted molar refractivity (Wildman–Crippen MR) is 56.0 cm³/mol. The van der Waals surface area contributed by atoms with E-state index >= 15 is 0 Å². The highest BCUT2D eigenvalue weighted by molar-refractivity contribution is 5.97. The maximum Gasteiger partial charge on any atom is 0.252 e. The summed E-state index contributed by atoms with van der Waals surface area (Å²) >= 11 is 0. The minimum Gasteiger partial charge on any atom is -0.489 e. The molecule has 3 N–H and O–H groups in total. The van der Waals surface area contributed by atoms with Crippen LogP contribution in [0.2, 0.25) is 0 Å². The average molecular weight is 207 g/mol. The zero-order valence-electron chi connectivity index (χ0n) is 8.49. The lowest BCUT2D eigenvalue weighted by Gasteiger charge is -2.08. The highest BCUT2D eigenvalue weighted by Gasteiger charge is 2.24. The van der Waals surface area contributed by atoms with Gasteiger partial charge in [0.1, 0.15) is 11.6 Å². The summed E-state index contributed by atoms with van der Waals surface area (Å²) in [5.41, 5.74) is 5.59. The molecule has 1 aliphatic carbocycles. The largest absolute Gasteiger partial charge is 0.489 e. The van der Waals surface area contributed by atoms with Crippen molar-refractivity contribution < 1.29 is 9.53 Å². The van der Waals surface area contributed by atoms with Crippen LogP contribution in [-0.2, 0) is 0 Å². The number of carbonyl (C=O) groups is 1. The number of hydrogen-bond acceptors (Lipinski definition) is 4. The number of primary amides is 1. The molecule has 0 aromatic carbocycles. The molecule has 0 bridgehead atoms. The van der Waals surface area contributed by atoms with E-state index in [0.29, 0.717) is 17.1 Å². The van der Waals surface area contributed by atoms with E-state index in [1.807, 2.05) is 0 Å². The molecule has 5 heteroatoms. The van der Waals surface area contributed by atoms with Crippen LogP contribution < -0.4 is 15.8 Å². The summed E-state index contributed by atoms with van der Waals surface area (Å²) < 4.78 is 5.52. The van der Waals surface area contributed by atoms with Gasteiger partial charge in [0.15, 0.2) is 0 Å². The van der Waals surface area contributed by atoms with Gasteiger partial charge in [-0.2, -0.15) is 0 Å². The molecule has 1 aromatic rings. The molecule has 0 aliphatic heterocycles. The number of pyridine rings is 1. The Labute approximate surface area is 87.6 Å². The van der Waals surface area contributed by atoms with Gasteiger partial charge in [-0.1, -0.05) is 0 Å². The van der Waals surface area contributed by atoms with E-state index < -0.39 is 5.91 Å². The lowest BCUT2D eigenvalue weighted by Crippen LogP contribution is -2.14. The Morgan fingerprint density at radius 3 is 2.93 bits per heavy atom. The number of carbonyl (C=O) groups excluding carboxylic acids is 1.